The molecule has 3 nitrogen and oxygen atoms in total. The van der Waals surface area contributed by atoms with E-state index in [0.29, 0.717) is 12.5 Å². The first-order chi connectivity index (χ1) is 9.56. The number of carbonyl (C=O) groups is 1. The summed E-state index contributed by atoms with van der Waals surface area (Å²) in [7, 11) is 0. The van der Waals surface area contributed by atoms with E-state index in [1.165, 1.54) is 6.07 Å². The van der Waals surface area contributed by atoms with Gasteiger partial charge in [0.05, 0.1) is 0 Å². The molecule has 0 radical (unpaired) electrons. The standard InChI is InChI=1S/C16H23FN2O/c1-12(11-14-5-3-4-6-16(14)17)18-15-7-9-19(10-8-15)13(2)20/h3-6,12,15,18H,7-11H2,1-2H3. The van der Waals surface area contributed by atoms with Gasteiger partial charge in [-0.3, -0.25) is 4.79 Å². The smallest absolute Gasteiger partial charge is 0.219 e. The number of nitrogens with zero attached hydrogens (tertiary/aromatic N) is 1. The molecular weight excluding hydrogens is 255 g/mol. The summed E-state index contributed by atoms with van der Waals surface area (Å²) in [5.41, 5.74) is 0.758. The third kappa shape index (κ3) is 4.04. The van der Waals surface area contributed by atoms with E-state index in [4.69, 9.17) is 0 Å². The molecule has 110 valence electrons. The first-order valence-corrected chi connectivity index (χ1v) is 7.31. The number of amides is 1. The zero-order chi connectivity index (χ0) is 14.5. The maximum atomic E-state index is 13.6. The molecular formula is C16H23FN2O. The minimum atomic E-state index is -0.132. The van der Waals surface area contributed by atoms with E-state index < -0.39 is 0 Å². The topological polar surface area (TPSA) is 32.3 Å². The highest BCUT2D eigenvalue weighted by Gasteiger charge is 2.21. The number of benzene rings is 1. The van der Waals surface area contributed by atoms with E-state index in [0.717, 1.165) is 31.5 Å². The first-order valence-electron chi connectivity index (χ1n) is 7.31. The third-order valence-corrected chi connectivity index (χ3v) is 3.94. The zero-order valence-electron chi connectivity index (χ0n) is 12.2. The van der Waals surface area contributed by atoms with Gasteiger partial charge in [-0.2, -0.15) is 0 Å². The highest BCUT2D eigenvalue weighted by Crippen LogP contribution is 2.13. The van der Waals surface area contributed by atoms with Gasteiger partial charge in [-0.25, -0.2) is 4.39 Å². The summed E-state index contributed by atoms with van der Waals surface area (Å²) < 4.78 is 13.6. The summed E-state index contributed by atoms with van der Waals surface area (Å²) in [5, 5.41) is 3.55. The molecule has 1 N–H and O–H groups in total. The van der Waals surface area contributed by atoms with Crippen LogP contribution in [0.5, 0.6) is 0 Å². The van der Waals surface area contributed by atoms with Crippen LogP contribution in [0.3, 0.4) is 0 Å². The maximum absolute atomic E-state index is 13.6. The molecule has 2 rings (SSSR count). The van der Waals surface area contributed by atoms with Crippen LogP contribution in [0, 0.1) is 5.82 Å². The summed E-state index contributed by atoms with van der Waals surface area (Å²) in [4.78, 5) is 13.2. The van der Waals surface area contributed by atoms with Crippen LogP contribution in [0.25, 0.3) is 0 Å². The Labute approximate surface area is 120 Å². The fraction of sp³-hybridized carbons (Fsp3) is 0.562. The molecule has 1 unspecified atom stereocenters. The van der Waals surface area contributed by atoms with Crippen LogP contribution in [-0.2, 0) is 11.2 Å². The highest BCUT2D eigenvalue weighted by atomic mass is 19.1. The number of rotatable bonds is 4. The zero-order valence-corrected chi connectivity index (χ0v) is 12.2. The molecule has 0 spiro atoms. The number of hydrogen-bond acceptors (Lipinski definition) is 2. The monoisotopic (exact) mass is 278 g/mol. The lowest BCUT2D eigenvalue weighted by molar-refractivity contribution is -0.129. The normalized spacial score (nSPS) is 18.1. The van der Waals surface area contributed by atoms with Crippen molar-refractivity contribution in [3.63, 3.8) is 0 Å². The summed E-state index contributed by atoms with van der Waals surface area (Å²) in [6.07, 6.45) is 2.64. The maximum Gasteiger partial charge on any atom is 0.219 e. The van der Waals surface area contributed by atoms with E-state index >= 15 is 0 Å². The van der Waals surface area contributed by atoms with E-state index in [-0.39, 0.29) is 17.8 Å². The average Bonchev–Trinajstić information content (AvgIpc) is 2.42. The van der Waals surface area contributed by atoms with E-state index in [2.05, 4.69) is 12.2 Å². The van der Waals surface area contributed by atoms with Crippen molar-refractivity contribution in [1.82, 2.24) is 10.2 Å². The van der Waals surface area contributed by atoms with Crippen molar-refractivity contribution < 1.29 is 9.18 Å². The largest absolute Gasteiger partial charge is 0.343 e. The number of nitrogens with one attached hydrogen (secondary N) is 1. The minimum Gasteiger partial charge on any atom is -0.343 e. The molecule has 1 aliphatic rings. The Hall–Kier alpha value is -1.42. The van der Waals surface area contributed by atoms with Crippen LogP contribution in [0.15, 0.2) is 24.3 Å². The minimum absolute atomic E-state index is 0.132. The van der Waals surface area contributed by atoms with E-state index in [9.17, 15) is 9.18 Å². The van der Waals surface area contributed by atoms with Gasteiger partial charge in [-0.1, -0.05) is 18.2 Å². The van der Waals surface area contributed by atoms with E-state index in [1.54, 1.807) is 13.0 Å². The summed E-state index contributed by atoms with van der Waals surface area (Å²) in [5.74, 6) is 0.0235. The number of piperidine rings is 1. The third-order valence-electron chi connectivity index (χ3n) is 3.94. The van der Waals surface area contributed by atoms with Crippen LogP contribution in [0.2, 0.25) is 0 Å². The van der Waals surface area contributed by atoms with Crippen molar-refractivity contribution in [3.8, 4) is 0 Å². The quantitative estimate of drug-likeness (QED) is 0.917. The van der Waals surface area contributed by atoms with Crippen LogP contribution in [0.1, 0.15) is 32.3 Å². The molecule has 4 heteroatoms. The van der Waals surface area contributed by atoms with Gasteiger partial charge in [0, 0.05) is 32.1 Å². The fourth-order valence-electron chi connectivity index (χ4n) is 2.82. The Morgan fingerprint density at radius 3 is 2.65 bits per heavy atom. The van der Waals surface area contributed by atoms with Crippen molar-refractivity contribution in [1.29, 1.82) is 0 Å². The molecule has 1 atom stereocenters. The highest BCUT2D eigenvalue weighted by molar-refractivity contribution is 5.73. The Balaban J connectivity index is 1.80. The molecule has 0 aliphatic carbocycles. The Kier molecular flexibility index (Phi) is 5.12. The molecule has 1 saturated heterocycles. The van der Waals surface area contributed by atoms with Crippen LogP contribution in [-0.4, -0.2) is 36.0 Å². The Morgan fingerprint density at radius 1 is 1.40 bits per heavy atom. The van der Waals surface area contributed by atoms with Gasteiger partial charge in [0.15, 0.2) is 0 Å². The summed E-state index contributed by atoms with van der Waals surface area (Å²) in [6.45, 7) is 5.34. The van der Waals surface area contributed by atoms with Gasteiger partial charge < -0.3 is 10.2 Å². The Morgan fingerprint density at radius 2 is 2.05 bits per heavy atom. The first kappa shape index (κ1) is 15.0. The number of halogens is 1. The molecule has 1 amide bonds. The predicted molar refractivity (Wildman–Crippen MR) is 78.0 cm³/mol. The molecule has 1 aliphatic heterocycles. The van der Waals surface area contributed by atoms with Gasteiger partial charge in [-0.15, -0.1) is 0 Å². The summed E-state index contributed by atoms with van der Waals surface area (Å²) >= 11 is 0. The number of hydrogen-bond donors (Lipinski definition) is 1. The second kappa shape index (κ2) is 6.84. The fourth-order valence-corrected chi connectivity index (χ4v) is 2.82. The lowest BCUT2D eigenvalue weighted by Gasteiger charge is -2.33. The molecule has 1 fully saturated rings. The molecule has 1 heterocycles. The van der Waals surface area contributed by atoms with Crippen LogP contribution >= 0.6 is 0 Å². The van der Waals surface area contributed by atoms with Gasteiger partial charge >= 0.3 is 0 Å². The van der Waals surface area contributed by atoms with Crippen LogP contribution in [0.4, 0.5) is 4.39 Å². The lowest BCUT2D eigenvalue weighted by Crippen LogP contribution is -2.47. The molecule has 1 aromatic rings. The van der Waals surface area contributed by atoms with Crippen molar-refractivity contribution in [2.75, 3.05) is 13.1 Å². The van der Waals surface area contributed by atoms with Gasteiger partial charge in [0.25, 0.3) is 0 Å². The lowest BCUT2D eigenvalue weighted by atomic mass is 10.0. The molecule has 20 heavy (non-hydrogen) atoms. The molecule has 1 aromatic carbocycles. The number of carbonyl (C=O) groups excluding carboxylic acids is 1. The molecule has 0 saturated carbocycles. The summed E-state index contributed by atoms with van der Waals surface area (Å²) in [6, 6.07) is 7.60. The molecule has 0 bridgehead atoms. The van der Waals surface area contributed by atoms with Crippen molar-refractivity contribution in [2.24, 2.45) is 0 Å². The predicted octanol–water partition coefficient (Wildman–Crippen LogP) is 2.36. The second-order valence-corrected chi connectivity index (χ2v) is 5.64. The Bertz CT molecular complexity index is 456. The number of likely N-dealkylation sites (tertiary alicyclic amines) is 1. The van der Waals surface area contributed by atoms with Crippen molar-refractivity contribution in [3.05, 3.63) is 35.6 Å². The van der Waals surface area contributed by atoms with Crippen molar-refractivity contribution >= 4 is 5.91 Å². The van der Waals surface area contributed by atoms with Gasteiger partial charge in [-0.05, 0) is 37.8 Å². The van der Waals surface area contributed by atoms with Crippen molar-refractivity contribution in [2.45, 2.75) is 45.2 Å². The van der Waals surface area contributed by atoms with Crippen LogP contribution < -0.4 is 5.32 Å². The van der Waals surface area contributed by atoms with Gasteiger partial charge in [0.1, 0.15) is 5.82 Å². The molecule has 0 aromatic heterocycles. The second-order valence-electron chi connectivity index (χ2n) is 5.64. The average molecular weight is 278 g/mol. The van der Waals surface area contributed by atoms with E-state index in [1.807, 2.05) is 17.0 Å². The van der Waals surface area contributed by atoms with Gasteiger partial charge in [0.2, 0.25) is 5.91 Å². The SMILES string of the molecule is CC(=O)N1CCC(NC(C)Cc2ccccc2F)CC1.